The topological polar surface area (TPSA) is 85.5 Å². The highest BCUT2D eigenvalue weighted by atomic mass is 16.5. The van der Waals surface area contributed by atoms with Gasteiger partial charge in [-0.1, -0.05) is 6.92 Å². The normalized spacial score (nSPS) is 21.6. The van der Waals surface area contributed by atoms with Crippen LogP contribution in [0, 0.1) is 5.92 Å². The van der Waals surface area contributed by atoms with Crippen LogP contribution in [0.2, 0.25) is 0 Å². The van der Waals surface area contributed by atoms with E-state index in [2.05, 4.69) is 10.2 Å². The molecule has 2 rings (SSSR count). The first-order valence-electron chi connectivity index (χ1n) is 5.81. The highest BCUT2D eigenvalue weighted by molar-refractivity contribution is 5.66. The zero-order valence-electron chi connectivity index (χ0n) is 9.76. The van der Waals surface area contributed by atoms with E-state index in [9.17, 15) is 4.79 Å². The molecule has 1 saturated heterocycles. The number of aromatic nitrogens is 2. The maximum Gasteiger partial charge on any atom is 0.303 e. The average Bonchev–Trinajstić information content (AvgIpc) is 2.84. The summed E-state index contributed by atoms with van der Waals surface area (Å²) in [5, 5.41) is 16.5. The van der Waals surface area contributed by atoms with Crippen LogP contribution in [-0.2, 0) is 16.0 Å². The Kier molecular flexibility index (Phi) is 3.73. The monoisotopic (exact) mass is 240 g/mol. The fraction of sp³-hybridized carbons (Fsp3) is 0.727. The number of rotatable bonds is 5. The molecule has 1 aromatic heterocycles. The third-order valence-corrected chi connectivity index (χ3v) is 2.73. The summed E-state index contributed by atoms with van der Waals surface area (Å²) in [6.07, 6.45) is 2.44. The quantitative estimate of drug-likeness (QED) is 0.840. The molecule has 2 heterocycles. The van der Waals surface area contributed by atoms with E-state index < -0.39 is 5.97 Å². The van der Waals surface area contributed by atoms with Gasteiger partial charge in [0.25, 0.3) is 0 Å². The van der Waals surface area contributed by atoms with Gasteiger partial charge in [-0.25, -0.2) is 0 Å². The fourth-order valence-corrected chi connectivity index (χ4v) is 1.92. The molecule has 1 N–H and O–H groups in total. The van der Waals surface area contributed by atoms with E-state index in [1.165, 1.54) is 0 Å². The Balaban J connectivity index is 1.91. The van der Waals surface area contributed by atoms with Crippen LogP contribution in [0.3, 0.4) is 0 Å². The highest BCUT2D eigenvalue weighted by Gasteiger charge is 2.24. The summed E-state index contributed by atoms with van der Waals surface area (Å²) < 4.78 is 10.9. The van der Waals surface area contributed by atoms with Crippen LogP contribution in [0.5, 0.6) is 0 Å². The zero-order valence-corrected chi connectivity index (χ0v) is 9.76. The molecule has 0 bridgehead atoms. The zero-order chi connectivity index (χ0) is 12.3. The third kappa shape index (κ3) is 3.26. The smallest absolute Gasteiger partial charge is 0.303 e. The molecule has 17 heavy (non-hydrogen) atoms. The van der Waals surface area contributed by atoms with E-state index in [4.69, 9.17) is 14.3 Å². The molecule has 1 aliphatic heterocycles. The van der Waals surface area contributed by atoms with Gasteiger partial charge in [-0.2, -0.15) is 0 Å². The van der Waals surface area contributed by atoms with E-state index in [0.717, 1.165) is 19.4 Å². The van der Waals surface area contributed by atoms with Crippen molar-refractivity contribution in [2.45, 2.75) is 38.7 Å². The van der Waals surface area contributed by atoms with Gasteiger partial charge in [0.1, 0.15) is 6.10 Å². The average molecular weight is 240 g/mol. The first-order valence-corrected chi connectivity index (χ1v) is 5.81. The summed E-state index contributed by atoms with van der Waals surface area (Å²) >= 11 is 0. The van der Waals surface area contributed by atoms with Gasteiger partial charge in [-0.3, -0.25) is 4.79 Å². The van der Waals surface area contributed by atoms with E-state index in [1.807, 2.05) is 6.92 Å². The molecular formula is C11H16N2O4. The molecule has 1 aromatic rings. The lowest BCUT2D eigenvalue weighted by molar-refractivity contribution is -0.137. The molecule has 0 saturated carbocycles. The molecule has 0 aromatic carbocycles. The van der Waals surface area contributed by atoms with Crippen molar-refractivity contribution < 1.29 is 19.1 Å². The number of carboxylic acids is 1. The number of hydrogen-bond acceptors (Lipinski definition) is 5. The number of hydrogen-bond donors (Lipinski definition) is 1. The molecule has 1 aliphatic rings. The predicted molar refractivity (Wildman–Crippen MR) is 57.3 cm³/mol. The van der Waals surface area contributed by atoms with Crippen LogP contribution in [0.4, 0.5) is 0 Å². The highest BCUT2D eigenvalue weighted by Crippen LogP contribution is 2.27. The van der Waals surface area contributed by atoms with E-state index in [0.29, 0.717) is 18.2 Å². The van der Waals surface area contributed by atoms with Crippen molar-refractivity contribution >= 4 is 5.97 Å². The van der Waals surface area contributed by atoms with Crippen molar-refractivity contribution in [3.8, 4) is 0 Å². The van der Waals surface area contributed by atoms with E-state index in [1.54, 1.807) is 0 Å². The Hall–Kier alpha value is -1.43. The fourth-order valence-electron chi connectivity index (χ4n) is 1.92. The van der Waals surface area contributed by atoms with Gasteiger partial charge in [0, 0.05) is 19.4 Å². The molecule has 0 radical (unpaired) electrons. The van der Waals surface area contributed by atoms with Crippen molar-refractivity contribution in [1.29, 1.82) is 0 Å². The summed E-state index contributed by atoms with van der Waals surface area (Å²) in [5.41, 5.74) is 0. The summed E-state index contributed by atoms with van der Waals surface area (Å²) in [6, 6.07) is 0. The summed E-state index contributed by atoms with van der Waals surface area (Å²) in [4.78, 5) is 10.5. The molecule has 1 fully saturated rings. The summed E-state index contributed by atoms with van der Waals surface area (Å²) in [5.74, 6) is 0.186. The number of carbonyl (C=O) groups is 1. The van der Waals surface area contributed by atoms with Crippen molar-refractivity contribution in [3.63, 3.8) is 0 Å². The largest absolute Gasteiger partial charge is 0.481 e. The van der Waals surface area contributed by atoms with Crippen molar-refractivity contribution in [1.82, 2.24) is 10.2 Å². The van der Waals surface area contributed by atoms with Crippen LogP contribution >= 0.6 is 0 Å². The van der Waals surface area contributed by atoms with Gasteiger partial charge in [0.2, 0.25) is 11.8 Å². The Labute approximate surface area is 99.0 Å². The number of aliphatic carboxylic acids is 1. The van der Waals surface area contributed by atoms with Gasteiger partial charge in [-0.05, 0) is 18.8 Å². The van der Waals surface area contributed by atoms with E-state index in [-0.39, 0.29) is 18.4 Å². The van der Waals surface area contributed by atoms with Gasteiger partial charge in [0.05, 0.1) is 0 Å². The Morgan fingerprint density at radius 1 is 1.59 bits per heavy atom. The van der Waals surface area contributed by atoms with Gasteiger partial charge < -0.3 is 14.3 Å². The van der Waals surface area contributed by atoms with Crippen LogP contribution in [0.1, 0.15) is 44.1 Å². The molecule has 0 spiro atoms. The Morgan fingerprint density at radius 3 is 3.06 bits per heavy atom. The molecule has 2 atom stereocenters. The second-order valence-electron chi connectivity index (χ2n) is 4.44. The lowest BCUT2D eigenvalue weighted by Crippen LogP contribution is -2.07. The van der Waals surface area contributed by atoms with Crippen LogP contribution in [0.25, 0.3) is 0 Å². The third-order valence-electron chi connectivity index (χ3n) is 2.73. The minimum atomic E-state index is -0.809. The molecule has 2 unspecified atom stereocenters. The SMILES string of the molecule is CC(CC(=O)O)Cc1nnc(C2CCCO2)o1. The van der Waals surface area contributed by atoms with Crippen LogP contribution in [-0.4, -0.2) is 27.9 Å². The van der Waals surface area contributed by atoms with Crippen molar-refractivity contribution in [3.05, 3.63) is 11.8 Å². The number of ether oxygens (including phenoxy) is 1. The lowest BCUT2D eigenvalue weighted by Gasteiger charge is -2.04. The summed E-state index contributed by atoms with van der Waals surface area (Å²) in [6.45, 7) is 2.59. The minimum Gasteiger partial charge on any atom is -0.481 e. The lowest BCUT2D eigenvalue weighted by atomic mass is 10.0. The van der Waals surface area contributed by atoms with Crippen LogP contribution < -0.4 is 0 Å². The van der Waals surface area contributed by atoms with Gasteiger partial charge >= 0.3 is 5.97 Å². The number of carboxylic acid groups (broad SMARTS) is 1. The molecule has 0 aliphatic carbocycles. The van der Waals surface area contributed by atoms with Crippen molar-refractivity contribution in [2.75, 3.05) is 6.61 Å². The van der Waals surface area contributed by atoms with Crippen molar-refractivity contribution in [2.24, 2.45) is 5.92 Å². The predicted octanol–water partition coefficient (Wildman–Crippen LogP) is 1.57. The van der Waals surface area contributed by atoms with Gasteiger partial charge in [0.15, 0.2) is 0 Å². The van der Waals surface area contributed by atoms with E-state index >= 15 is 0 Å². The minimum absolute atomic E-state index is 0.00898. The Morgan fingerprint density at radius 2 is 2.41 bits per heavy atom. The van der Waals surface area contributed by atoms with Crippen LogP contribution in [0.15, 0.2) is 4.42 Å². The molecular weight excluding hydrogens is 224 g/mol. The molecule has 0 amide bonds. The standard InChI is InChI=1S/C11H16N2O4/c1-7(6-10(14)15)5-9-12-13-11(17-9)8-3-2-4-16-8/h7-8H,2-6H2,1H3,(H,14,15). The molecule has 6 nitrogen and oxygen atoms in total. The molecule has 6 heteroatoms. The maximum absolute atomic E-state index is 10.5. The first-order chi connectivity index (χ1) is 8.15. The second-order valence-corrected chi connectivity index (χ2v) is 4.44. The maximum atomic E-state index is 10.5. The molecule has 94 valence electrons. The number of nitrogens with zero attached hydrogens (tertiary/aromatic N) is 2. The second kappa shape index (κ2) is 5.27. The first kappa shape index (κ1) is 12.0. The summed E-state index contributed by atoms with van der Waals surface area (Å²) in [7, 11) is 0. The van der Waals surface area contributed by atoms with Gasteiger partial charge in [-0.15, -0.1) is 10.2 Å². The Bertz CT molecular complexity index is 385.